The second-order valence-corrected chi connectivity index (χ2v) is 7.59. The van der Waals surface area contributed by atoms with Crippen molar-refractivity contribution in [2.45, 2.75) is 70.6 Å². The van der Waals surface area contributed by atoms with Crippen molar-refractivity contribution in [3.63, 3.8) is 0 Å². The second kappa shape index (κ2) is 6.64. The van der Waals surface area contributed by atoms with Crippen LogP contribution in [0, 0.1) is 5.92 Å². The van der Waals surface area contributed by atoms with Crippen molar-refractivity contribution < 1.29 is 0 Å². The molecule has 0 radical (unpaired) electrons. The average Bonchev–Trinajstić information content (AvgIpc) is 3.31. The van der Waals surface area contributed by atoms with E-state index in [-0.39, 0.29) is 0 Å². The van der Waals surface area contributed by atoms with Gasteiger partial charge in [0.25, 0.3) is 0 Å². The molecule has 0 aliphatic heterocycles. The maximum Gasteiger partial charge on any atom is 0.144 e. The Labute approximate surface area is 136 Å². The van der Waals surface area contributed by atoms with Gasteiger partial charge >= 0.3 is 0 Å². The molecule has 0 spiro atoms. The van der Waals surface area contributed by atoms with E-state index in [4.69, 9.17) is 9.97 Å². The van der Waals surface area contributed by atoms with Crippen LogP contribution in [0.2, 0.25) is 0 Å². The Morgan fingerprint density at radius 2 is 1.95 bits per heavy atom. The topological polar surface area (TPSA) is 37.8 Å². The zero-order chi connectivity index (χ0) is 14.8. The van der Waals surface area contributed by atoms with Crippen LogP contribution >= 0.6 is 15.9 Å². The molecule has 0 bridgehead atoms. The third-order valence-electron chi connectivity index (χ3n) is 4.70. The van der Waals surface area contributed by atoms with Crippen LogP contribution in [0.25, 0.3) is 0 Å². The van der Waals surface area contributed by atoms with Gasteiger partial charge in [-0.2, -0.15) is 0 Å². The molecular formula is C17H26BrN3. The Hall–Kier alpha value is -0.640. The van der Waals surface area contributed by atoms with E-state index in [0.29, 0.717) is 11.8 Å². The molecule has 1 heterocycles. The lowest BCUT2D eigenvalue weighted by atomic mass is 9.82. The average molecular weight is 352 g/mol. The SMILES string of the molecule is CCCNc1nc(C2CCCC(C)C2)nc(C2CC2)c1Br. The molecule has 0 saturated heterocycles. The zero-order valence-corrected chi connectivity index (χ0v) is 14.7. The quantitative estimate of drug-likeness (QED) is 0.788. The van der Waals surface area contributed by atoms with E-state index in [1.807, 2.05) is 0 Å². The van der Waals surface area contributed by atoms with Gasteiger partial charge in [-0.1, -0.05) is 26.7 Å². The summed E-state index contributed by atoms with van der Waals surface area (Å²) in [7, 11) is 0. The van der Waals surface area contributed by atoms with E-state index in [0.717, 1.165) is 35.0 Å². The van der Waals surface area contributed by atoms with Gasteiger partial charge in [0.2, 0.25) is 0 Å². The van der Waals surface area contributed by atoms with Gasteiger partial charge < -0.3 is 5.32 Å². The number of hydrogen-bond donors (Lipinski definition) is 1. The Morgan fingerprint density at radius 1 is 1.14 bits per heavy atom. The lowest BCUT2D eigenvalue weighted by Crippen LogP contribution is -2.17. The maximum atomic E-state index is 4.96. The number of hydrogen-bond acceptors (Lipinski definition) is 3. The Kier molecular flexibility index (Phi) is 4.82. The van der Waals surface area contributed by atoms with E-state index < -0.39 is 0 Å². The van der Waals surface area contributed by atoms with Crippen LogP contribution in [0.15, 0.2) is 4.47 Å². The first-order valence-corrected chi connectivity index (χ1v) is 9.29. The minimum absolute atomic E-state index is 0.557. The van der Waals surface area contributed by atoms with E-state index in [2.05, 4.69) is 35.1 Å². The first-order valence-electron chi connectivity index (χ1n) is 8.50. The van der Waals surface area contributed by atoms with Crippen molar-refractivity contribution in [1.82, 2.24) is 9.97 Å². The van der Waals surface area contributed by atoms with Crippen molar-refractivity contribution >= 4 is 21.7 Å². The van der Waals surface area contributed by atoms with Gasteiger partial charge in [-0.3, -0.25) is 0 Å². The summed E-state index contributed by atoms with van der Waals surface area (Å²) < 4.78 is 1.10. The highest BCUT2D eigenvalue weighted by Crippen LogP contribution is 2.45. The summed E-state index contributed by atoms with van der Waals surface area (Å²) in [4.78, 5) is 9.83. The van der Waals surface area contributed by atoms with Crippen molar-refractivity contribution in [2.24, 2.45) is 5.92 Å². The summed E-state index contributed by atoms with van der Waals surface area (Å²) in [5, 5.41) is 3.48. The smallest absolute Gasteiger partial charge is 0.144 e. The summed E-state index contributed by atoms with van der Waals surface area (Å²) in [6, 6.07) is 0. The normalized spacial score (nSPS) is 25.9. The van der Waals surface area contributed by atoms with Crippen molar-refractivity contribution in [2.75, 3.05) is 11.9 Å². The Balaban J connectivity index is 1.89. The molecule has 4 heteroatoms. The van der Waals surface area contributed by atoms with Crippen LogP contribution in [0.5, 0.6) is 0 Å². The number of halogens is 1. The summed E-state index contributed by atoms with van der Waals surface area (Å²) in [5.41, 5.74) is 1.25. The van der Waals surface area contributed by atoms with Crippen LogP contribution in [0.4, 0.5) is 5.82 Å². The predicted octanol–water partition coefficient (Wildman–Crippen LogP) is 5.23. The van der Waals surface area contributed by atoms with E-state index in [9.17, 15) is 0 Å². The van der Waals surface area contributed by atoms with Crippen LogP contribution in [-0.2, 0) is 0 Å². The first-order chi connectivity index (χ1) is 10.2. The van der Waals surface area contributed by atoms with Crippen LogP contribution in [-0.4, -0.2) is 16.5 Å². The molecule has 2 unspecified atom stereocenters. The van der Waals surface area contributed by atoms with E-state index >= 15 is 0 Å². The van der Waals surface area contributed by atoms with Crippen molar-refractivity contribution in [3.05, 3.63) is 16.0 Å². The minimum Gasteiger partial charge on any atom is -0.369 e. The second-order valence-electron chi connectivity index (χ2n) is 6.80. The lowest BCUT2D eigenvalue weighted by molar-refractivity contribution is 0.335. The summed E-state index contributed by atoms with van der Waals surface area (Å²) in [6.45, 7) is 5.52. The highest BCUT2D eigenvalue weighted by molar-refractivity contribution is 9.10. The number of rotatable bonds is 5. The first kappa shape index (κ1) is 15.3. The largest absolute Gasteiger partial charge is 0.369 e. The molecule has 21 heavy (non-hydrogen) atoms. The van der Waals surface area contributed by atoms with Gasteiger partial charge in [0.15, 0.2) is 0 Å². The molecule has 2 aliphatic carbocycles. The van der Waals surface area contributed by atoms with Gasteiger partial charge in [0.1, 0.15) is 11.6 Å². The van der Waals surface area contributed by atoms with Gasteiger partial charge in [-0.15, -0.1) is 0 Å². The summed E-state index contributed by atoms with van der Waals surface area (Å²) >= 11 is 3.73. The van der Waals surface area contributed by atoms with Gasteiger partial charge in [0, 0.05) is 18.4 Å². The van der Waals surface area contributed by atoms with Crippen molar-refractivity contribution in [1.29, 1.82) is 0 Å². The predicted molar refractivity (Wildman–Crippen MR) is 90.9 cm³/mol. The molecule has 1 aromatic rings. The molecular weight excluding hydrogens is 326 g/mol. The highest BCUT2D eigenvalue weighted by Gasteiger charge is 2.31. The van der Waals surface area contributed by atoms with E-state index in [1.54, 1.807) is 0 Å². The fourth-order valence-electron chi connectivity index (χ4n) is 3.32. The van der Waals surface area contributed by atoms with E-state index in [1.165, 1.54) is 44.2 Å². The Morgan fingerprint density at radius 3 is 2.62 bits per heavy atom. The van der Waals surface area contributed by atoms with Crippen LogP contribution in [0.1, 0.15) is 82.1 Å². The van der Waals surface area contributed by atoms with Gasteiger partial charge in [0.05, 0.1) is 10.2 Å². The molecule has 2 atom stereocenters. The standard InChI is InChI=1S/C17H26BrN3/c1-3-9-19-17-14(18)15(12-7-8-12)20-16(21-17)13-6-4-5-11(2)10-13/h11-13H,3-10H2,1-2H3,(H,19,20,21). The minimum atomic E-state index is 0.557. The molecule has 2 aliphatic rings. The number of aromatic nitrogens is 2. The third-order valence-corrected chi connectivity index (χ3v) is 5.48. The number of nitrogens with zero attached hydrogens (tertiary/aromatic N) is 2. The molecule has 2 saturated carbocycles. The Bertz CT molecular complexity index is 499. The van der Waals surface area contributed by atoms with Crippen molar-refractivity contribution in [3.8, 4) is 0 Å². The maximum absolute atomic E-state index is 4.96. The fourth-order valence-corrected chi connectivity index (χ4v) is 3.96. The molecule has 0 aromatic carbocycles. The molecule has 0 amide bonds. The molecule has 2 fully saturated rings. The zero-order valence-electron chi connectivity index (χ0n) is 13.2. The van der Waals surface area contributed by atoms with Gasteiger partial charge in [-0.25, -0.2) is 9.97 Å². The van der Waals surface area contributed by atoms with Gasteiger partial charge in [-0.05, 0) is 54.0 Å². The number of nitrogens with one attached hydrogen (secondary N) is 1. The van der Waals surface area contributed by atoms with Crippen LogP contribution < -0.4 is 5.32 Å². The molecule has 3 nitrogen and oxygen atoms in total. The molecule has 1 N–H and O–H groups in total. The molecule has 3 rings (SSSR count). The molecule has 1 aromatic heterocycles. The molecule has 116 valence electrons. The fraction of sp³-hybridized carbons (Fsp3) is 0.765. The lowest BCUT2D eigenvalue weighted by Gasteiger charge is -2.26. The summed E-state index contributed by atoms with van der Waals surface area (Å²) in [6.07, 6.45) is 8.87. The third kappa shape index (κ3) is 3.58. The monoisotopic (exact) mass is 351 g/mol. The van der Waals surface area contributed by atoms with Crippen LogP contribution in [0.3, 0.4) is 0 Å². The number of anilines is 1. The highest BCUT2D eigenvalue weighted by atomic mass is 79.9. The summed E-state index contributed by atoms with van der Waals surface area (Å²) in [5.74, 6) is 4.13.